The average Bonchev–Trinajstić information content (AvgIpc) is 3.26. The van der Waals surface area contributed by atoms with E-state index in [2.05, 4.69) is 5.16 Å². The van der Waals surface area contributed by atoms with E-state index in [0.29, 0.717) is 12.2 Å². The number of hydrogen-bond donors (Lipinski definition) is 1. The largest absolute Gasteiger partial charge is 0.449 e. The van der Waals surface area contributed by atoms with Crippen LogP contribution in [0.3, 0.4) is 0 Å². The molecule has 24 heavy (non-hydrogen) atoms. The van der Waals surface area contributed by atoms with Crippen molar-refractivity contribution in [3.8, 4) is 0 Å². The highest BCUT2D eigenvalue weighted by Crippen LogP contribution is 2.35. The number of hydrogen-bond acceptors (Lipinski definition) is 7. The first kappa shape index (κ1) is 16.5. The highest BCUT2D eigenvalue weighted by Gasteiger charge is 2.35. The van der Waals surface area contributed by atoms with Crippen LogP contribution in [-0.4, -0.2) is 34.6 Å². The van der Waals surface area contributed by atoms with Crippen molar-refractivity contribution in [3.05, 3.63) is 33.6 Å². The van der Waals surface area contributed by atoms with Crippen molar-refractivity contribution in [2.75, 3.05) is 12.3 Å². The highest BCUT2D eigenvalue weighted by atomic mass is 32.1. The van der Waals surface area contributed by atoms with Gasteiger partial charge < -0.3 is 19.9 Å². The Hall–Kier alpha value is -2.35. The Balaban J connectivity index is 1.69. The van der Waals surface area contributed by atoms with Crippen molar-refractivity contribution in [1.82, 2.24) is 10.1 Å². The number of carbonyl (C=O) groups excluding carboxylic acids is 2. The van der Waals surface area contributed by atoms with Gasteiger partial charge in [0.05, 0.1) is 11.7 Å². The Kier molecular flexibility index (Phi) is 4.57. The number of amides is 1. The smallest absolute Gasteiger partial charge is 0.346 e. The van der Waals surface area contributed by atoms with Crippen LogP contribution in [0.4, 0.5) is 5.88 Å². The highest BCUT2D eigenvalue weighted by molar-refractivity contribution is 7.10. The summed E-state index contributed by atoms with van der Waals surface area (Å²) < 4.78 is 10.0. The first-order chi connectivity index (χ1) is 11.5. The van der Waals surface area contributed by atoms with Gasteiger partial charge in [0, 0.05) is 11.4 Å². The number of carbonyl (C=O) groups is 2. The fourth-order valence-electron chi connectivity index (χ4n) is 2.95. The zero-order chi connectivity index (χ0) is 17.3. The summed E-state index contributed by atoms with van der Waals surface area (Å²) in [6, 6.07) is 4.06. The molecule has 0 saturated carbocycles. The summed E-state index contributed by atoms with van der Waals surface area (Å²) in [5, 5.41) is 5.62. The lowest BCUT2D eigenvalue weighted by molar-refractivity contribution is -0.140. The number of thiophene rings is 1. The molecule has 8 heteroatoms. The van der Waals surface area contributed by atoms with Crippen LogP contribution in [0.5, 0.6) is 0 Å². The Morgan fingerprint density at radius 2 is 2.33 bits per heavy atom. The summed E-state index contributed by atoms with van der Waals surface area (Å²) in [7, 11) is 0. The zero-order valence-electron chi connectivity index (χ0n) is 13.5. The van der Waals surface area contributed by atoms with E-state index in [9.17, 15) is 9.59 Å². The van der Waals surface area contributed by atoms with Gasteiger partial charge in [-0.2, -0.15) is 0 Å². The standard InChI is InChI=1S/C16H19N3O4S/c1-9-13(14(17)23-18-9)16(21)22-10(2)15(20)19-7-3-5-11(19)12-6-4-8-24-12/h4,6,8,10-11H,3,5,7,17H2,1-2H3/t10-,11-/m1/s1. The number of anilines is 1. The van der Waals surface area contributed by atoms with Gasteiger partial charge in [-0.15, -0.1) is 11.3 Å². The summed E-state index contributed by atoms with van der Waals surface area (Å²) in [5.74, 6) is -0.999. The van der Waals surface area contributed by atoms with Gasteiger partial charge in [0.15, 0.2) is 6.10 Å². The van der Waals surface area contributed by atoms with Gasteiger partial charge in [-0.3, -0.25) is 4.79 Å². The molecule has 7 nitrogen and oxygen atoms in total. The third-order valence-electron chi connectivity index (χ3n) is 4.13. The molecule has 2 atom stereocenters. The van der Waals surface area contributed by atoms with E-state index in [4.69, 9.17) is 15.0 Å². The molecule has 3 heterocycles. The number of ether oxygens (including phenoxy) is 1. The summed E-state index contributed by atoms with van der Waals surface area (Å²) >= 11 is 1.63. The van der Waals surface area contributed by atoms with Gasteiger partial charge in [-0.25, -0.2) is 4.79 Å². The molecule has 0 bridgehead atoms. The van der Waals surface area contributed by atoms with E-state index >= 15 is 0 Å². The Bertz CT molecular complexity index is 721. The fourth-order valence-corrected chi connectivity index (χ4v) is 3.82. The van der Waals surface area contributed by atoms with Crippen molar-refractivity contribution in [1.29, 1.82) is 0 Å². The number of aryl methyl sites for hydroxylation is 1. The molecular weight excluding hydrogens is 330 g/mol. The first-order valence-corrected chi connectivity index (χ1v) is 8.63. The van der Waals surface area contributed by atoms with Crippen molar-refractivity contribution in [2.45, 2.75) is 38.8 Å². The van der Waals surface area contributed by atoms with Gasteiger partial charge >= 0.3 is 5.97 Å². The van der Waals surface area contributed by atoms with Crippen molar-refractivity contribution in [3.63, 3.8) is 0 Å². The second kappa shape index (κ2) is 6.64. The second-order valence-corrected chi connectivity index (χ2v) is 6.74. The SMILES string of the molecule is Cc1noc(N)c1C(=O)O[C@H](C)C(=O)N1CCC[C@@H]1c1cccs1. The van der Waals surface area contributed by atoms with Crippen molar-refractivity contribution >= 4 is 29.1 Å². The summed E-state index contributed by atoms with van der Waals surface area (Å²) in [6.45, 7) is 3.83. The van der Waals surface area contributed by atoms with E-state index in [1.165, 1.54) is 0 Å². The molecule has 1 saturated heterocycles. The van der Waals surface area contributed by atoms with Crippen LogP contribution in [0.15, 0.2) is 22.0 Å². The molecular formula is C16H19N3O4S. The molecule has 2 aromatic rings. The van der Waals surface area contributed by atoms with Crippen LogP contribution in [0.1, 0.15) is 46.7 Å². The monoisotopic (exact) mass is 349 g/mol. The number of aromatic nitrogens is 1. The molecule has 1 aliphatic rings. The van der Waals surface area contributed by atoms with Crippen LogP contribution in [0.25, 0.3) is 0 Å². The molecule has 128 valence electrons. The molecule has 0 unspecified atom stereocenters. The maximum Gasteiger partial charge on any atom is 0.346 e. The number of esters is 1. The van der Waals surface area contributed by atoms with Crippen LogP contribution in [-0.2, 0) is 9.53 Å². The number of rotatable bonds is 4. The molecule has 3 rings (SSSR count). The van der Waals surface area contributed by atoms with Crippen molar-refractivity contribution in [2.24, 2.45) is 0 Å². The minimum atomic E-state index is -0.897. The molecule has 0 aliphatic carbocycles. The van der Waals surface area contributed by atoms with Crippen LogP contribution in [0.2, 0.25) is 0 Å². The van der Waals surface area contributed by atoms with Gasteiger partial charge in [0.25, 0.3) is 5.91 Å². The summed E-state index contributed by atoms with van der Waals surface area (Å²) in [6.07, 6.45) is 0.962. The number of nitrogens with two attached hydrogens (primary N) is 1. The fraction of sp³-hybridized carbons (Fsp3) is 0.438. The van der Waals surface area contributed by atoms with Gasteiger partial charge in [0.1, 0.15) is 5.56 Å². The minimum absolute atomic E-state index is 0.0565. The second-order valence-electron chi connectivity index (χ2n) is 5.76. The van der Waals surface area contributed by atoms with Gasteiger partial charge in [-0.1, -0.05) is 11.2 Å². The number of nitrogen functional groups attached to an aromatic ring is 1. The molecule has 2 aromatic heterocycles. The third-order valence-corrected chi connectivity index (χ3v) is 5.11. The molecule has 0 radical (unpaired) electrons. The maximum atomic E-state index is 12.7. The molecule has 2 N–H and O–H groups in total. The zero-order valence-corrected chi connectivity index (χ0v) is 14.3. The van der Waals surface area contributed by atoms with Crippen LogP contribution >= 0.6 is 11.3 Å². The molecule has 0 spiro atoms. The maximum absolute atomic E-state index is 12.7. The predicted octanol–water partition coefficient (Wildman–Crippen LogP) is 2.54. The van der Waals surface area contributed by atoms with Gasteiger partial charge in [-0.05, 0) is 38.1 Å². The van der Waals surface area contributed by atoms with E-state index in [-0.39, 0.29) is 23.4 Å². The Morgan fingerprint density at radius 3 is 2.96 bits per heavy atom. The summed E-state index contributed by atoms with van der Waals surface area (Å²) in [4.78, 5) is 27.9. The molecule has 1 fully saturated rings. The third kappa shape index (κ3) is 3.01. The van der Waals surface area contributed by atoms with Crippen LogP contribution < -0.4 is 5.73 Å². The normalized spacial score (nSPS) is 18.6. The van der Waals surface area contributed by atoms with E-state index in [1.807, 2.05) is 17.5 Å². The van der Waals surface area contributed by atoms with E-state index in [1.54, 1.807) is 30.1 Å². The Labute approximate surface area is 143 Å². The minimum Gasteiger partial charge on any atom is -0.449 e. The van der Waals surface area contributed by atoms with E-state index < -0.39 is 12.1 Å². The summed E-state index contributed by atoms with van der Waals surface area (Å²) in [5.41, 5.74) is 6.00. The van der Waals surface area contributed by atoms with Gasteiger partial charge in [0.2, 0.25) is 5.88 Å². The number of nitrogens with zero attached hydrogens (tertiary/aromatic N) is 2. The predicted molar refractivity (Wildman–Crippen MR) is 88.5 cm³/mol. The topological polar surface area (TPSA) is 98.7 Å². The quantitative estimate of drug-likeness (QED) is 0.852. The molecule has 1 amide bonds. The Morgan fingerprint density at radius 1 is 1.54 bits per heavy atom. The van der Waals surface area contributed by atoms with E-state index in [0.717, 1.165) is 17.7 Å². The van der Waals surface area contributed by atoms with Crippen LogP contribution in [0, 0.1) is 6.92 Å². The molecule has 0 aromatic carbocycles. The number of likely N-dealkylation sites (tertiary alicyclic amines) is 1. The lowest BCUT2D eigenvalue weighted by Gasteiger charge is -2.26. The first-order valence-electron chi connectivity index (χ1n) is 7.75. The average molecular weight is 349 g/mol. The lowest BCUT2D eigenvalue weighted by Crippen LogP contribution is -2.39. The lowest BCUT2D eigenvalue weighted by atomic mass is 10.2. The molecule has 1 aliphatic heterocycles. The van der Waals surface area contributed by atoms with Crippen molar-refractivity contribution < 1.29 is 18.8 Å².